The second-order valence-corrected chi connectivity index (χ2v) is 8.78. The van der Waals surface area contributed by atoms with Crippen molar-refractivity contribution in [1.82, 2.24) is 4.98 Å². The van der Waals surface area contributed by atoms with Crippen LogP contribution in [-0.4, -0.2) is 41.3 Å². The van der Waals surface area contributed by atoms with Crippen molar-refractivity contribution in [1.29, 1.82) is 0 Å². The van der Waals surface area contributed by atoms with Crippen molar-refractivity contribution < 1.29 is 29.0 Å². The fraction of sp³-hybridized carbons (Fsp3) is 0.185. The van der Waals surface area contributed by atoms with Gasteiger partial charge in [0.05, 0.1) is 12.8 Å². The summed E-state index contributed by atoms with van der Waals surface area (Å²) in [6.45, 7) is 1.55. The average molecular weight is 490 g/mol. The maximum atomic E-state index is 12.8. The lowest BCUT2D eigenvalue weighted by molar-refractivity contribution is -0.139. The summed E-state index contributed by atoms with van der Waals surface area (Å²) in [5.41, 5.74) is 3.57. The normalized spacial score (nSPS) is 10.8. The third-order valence-corrected chi connectivity index (χ3v) is 6.65. The van der Waals surface area contributed by atoms with Crippen molar-refractivity contribution in [2.75, 3.05) is 13.7 Å². The molecule has 0 atom stereocenters. The Labute approximate surface area is 206 Å². The minimum Gasteiger partial charge on any atom is -0.493 e. The molecular formula is C27H23NO6S. The van der Waals surface area contributed by atoms with Gasteiger partial charge >= 0.3 is 5.97 Å². The molecule has 0 amide bonds. The number of hydrogen-bond donors (Lipinski definition) is 1. The fourth-order valence-corrected chi connectivity index (χ4v) is 4.78. The summed E-state index contributed by atoms with van der Waals surface area (Å²) < 4.78 is 11.6. The maximum Gasteiger partial charge on any atom is 0.341 e. The van der Waals surface area contributed by atoms with E-state index in [2.05, 4.69) is 29.4 Å². The smallest absolute Gasteiger partial charge is 0.341 e. The Balaban J connectivity index is 1.46. The molecule has 2 aromatic heterocycles. The van der Waals surface area contributed by atoms with E-state index in [0.29, 0.717) is 11.3 Å². The molecule has 8 heteroatoms. The molecule has 0 saturated heterocycles. The molecule has 0 saturated carbocycles. The molecule has 7 nitrogen and oxygen atoms in total. The van der Waals surface area contributed by atoms with Crippen molar-refractivity contribution in [3.63, 3.8) is 0 Å². The second-order valence-electron chi connectivity index (χ2n) is 7.90. The van der Waals surface area contributed by atoms with Crippen molar-refractivity contribution in [3.8, 4) is 22.8 Å². The van der Waals surface area contributed by atoms with E-state index >= 15 is 0 Å². The lowest BCUT2D eigenvalue weighted by atomic mass is 10.0. The Bertz CT molecular complexity index is 1420. The number of aryl methyl sites for hydroxylation is 1. The Morgan fingerprint density at radius 1 is 0.971 bits per heavy atom. The number of aromatic nitrogens is 1. The highest BCUT2D eigenvalue weighted by Crippen LogP contribution is 2.35. The largest absolute Gasteiger partial charge is 0.493 e. The standard InChI is InChI=1S/C27H23NO6S/c1-16-5-3-6-18-19(15-35-27(16)18)20-7-4-8-21(28-20)23(30)11-10-22(29)17-9-12-24(25(13-17)33-2)34-14-26(31)32/h3-9,12-13,15H,10-11,14H2,1-2H3,(H,31,32). The van der Waals surface area contributed by atoms with Crippen LogP contribution in [0.3, 0.4) is 0 Å². The molecule has 0 aliphatic carbocycles. The van der Waals surface area contributed by atoms with E-state index < -0.39 is 12.6 Å². The number of Topliss-reactive ketones (excluding diaryl/α,β-unsaturated/α-hetero) is 2. The van der Waals surface area contributed by atoms with Gasteiger partial charge in [0.1, 0.15) is 5.69 Å². The topological polar surface area (TPSA) is 103 Å². The average Bonchev–Trinajstić information content (AvgIpc) is 3.31. The number of aliphatic carboxylic acids is 1. The molecule has 178 valence electrons. The Hall–Kier alpha value is -4.04. The summed E-state index contributed by atoms with van der Waals surface area (Å²) in [5, 5.41) is 11.9. The van der Waals surface area contributed by atoms with Crippen LogP contribution in [0, 0.1) is 6.92 Å². The van der Waals surface area contributed by atoms with E-state index in [1.165, 1.54) is 35.6 Å². The Morgan fingerprint density at radius 2 is 1.74 bits per heavy atom. The molecule has 0 aliphatic heterocycles. The number of carboxylic acid groups (broad SMARTS) is 1. The highest BCUT2D eigenvalue weighted by atomic mass is 32.1. The third kappa shape index (κ3) is 5.38. The van der Waals surface area contributed by atoms with Crippen LogP contribution in [0.2, 0.25) is 0 Å². The zero-order chi connectivity index (χ0) is 24.9. The molecule has 2 heterocycles. The van der Waals surface area contributed by atoms with Crippen molar-refractivity contribution >= 4 is 39.0 Å². The van der Waals surface area contributed by atoms with Crippen LogP contribution in [0.25, 0.3) is 21.3 Å². The van der Waals surface area contributed by atoms with Gasteiger partial charge in [-0.1, -0.05) is 24.3 Å². The minimum absolute atomic E-state index is 0.00377. The number of thiophene rings is 1. The van der Waals surface area contributed by atoms with Crippen LogP contribution in [0.1, 0.15) is 39.3 Å². The molecule has 0 fully saturated rings. The first-order chi connectivity index (χ1) is 16.9. The molecular weight excluding hydrogens is 466 g/mol. The van der Waals surface area contributed by atoms with Gasteiger partial charge in [-0.2, -0.15) is 0 Å². The van der Waals surface area contributed by atoms with Crippen molar-refractivity contribution in [2.24, 2.45) is 0 Å². The van der Waals surface area contributed by atoms with Crippen molar-refractivity contribution in [2.45, 2.75) is 19.8 Å². The Morgan fingerprint density at radius 3 is 2.51 bits per heavy atom. The van der Waals surface area contributed by atoms with Crippen LogP contribution >= 0.6 is 11.3 Å². The van der Waals surface area contributed by atoms with Gasteiger partial charge in [-0.25, -0.2) is 9.78 Å². The van der Waals surface area contributed by atoms with Crippen LogP contribution in [0.4, 0.5) is 0 Å². The number of benzene rings is 2. The number of carbonyl (C=O) groups excluding carboxylic acids is 2. The number of pyridine rings is 1. The molecule has 4 rings (SSSR count). The first kappa shape index (κ1) is 24.1. The number of carbonyl (C=O) groups is 3. The molecule has 4 aromatic rings. The second kappa shape index (κ2) is 10.5. The van der Waals surface area contributed by atoms with E-state index in [1.54, 1.807) is 23.5 Å². The molecule has 2 aromatic carbocycles. The van der Waals surface area contributed by atoms with Gasteiger partial charge in [0.25, 0.3) is 0 Å². The zero-order valence-electron chi connectivity index (χ0n) is 19.2. The van der Waals surface area contributed by atoms with Gasteiger partial charge < -0.3 is 14.6 Å². The summed E-state index contributed by atoms with van der Waals surface area (Å²) in [5.74, 6) is -1.11. The summed E-state index contributed by atoms with van der Waals surface area (Å²) in [6, 6.07) is 16.0. The number of carboxylic acids is 1. The quantitative estimate of drug-likeness (QED) is 0.290. The van der Waals surface area contributed by atoms with Gasteiger partial charge in [-0.3, -0.25) is 9.59 Å². The molecule has 0 unspecified atom stereocenters. The summed E-state index contributed by atoms with van der Waals surface area (Å²) >= 11 is 1.65. The van der Waals surface area contributed by atoms with Gasteiger partial charge in [0, 0.05) is 39.4 Å². The number of nitrogens with zero attached hydrogens (tertiary/aromatic N) is 1. The van der Waals surface area contributed by atoms with Crippen LogP contribution in [-0.2, 0) is 4.79 Å². The molecule has 0 bridgehead atoms. The molecule has 0 spiro atoms. The SMILES string of the molecule is COc1cc(C(=O)CCC(=O)c2cccc(-c3csc4c(C)cccc34)n2)ccc1OCC(=O)O. The lowest BCUT2D eigenvalue weighted by Crippen LogP contribution is -2.11. The number of ketones is 2. The number of hydrogen-bond acceptors (Lipinski definition) is 7. The highest BCUT2D eigenvalue weighted by molar-refractivity contribution is 7.18. The fourth-order valence-electron chi connectivity index (χ4n) is 3.74. The number of fused-ring (bicyclic) bond motifs is 1. The third-order valence-electron chi connectivity index (χ3n) is 5.52. The first-order valence-electron chi connectivity index (χ1n) is 10.9. The zero-order valence-corrected chi connectivity index (χ0v) is 20.1. The van der Waals surface area contributed by atoms with Gasteiger partial charge in [-0.15, -0.1) is 11.3 Å². The van der Waals surface area contributed by atoms with Crippen LogP contribution in [0.15, 0.2) is 60.0 Å². The first-order valence-corrected chi connectivity index (χ1v) is 11.8. The summed E-state index contributed by atoms with van der Waals surface area (Å²) in [6.07, 6.45) is 0.0160. The maximum absolute atomic E-state index is 12.8. The minimum atomic E-state index is -1.12. The van der Waals surface area contributed by atoms with Crippen molar-refractivity contribution in [3.05, 3.63) is 76.8 Å². The molecule has 1 N–H and O–H groups in total. The number of rotatable bonds is 10. The lowest BCUT2D eigenvalue weighted by Gasteiger charge is -2.10. The van der Waals surface area contributed by atoms with Gasteiger partial charge in [-0.05, 0) is 42.8 Å². The highest BCUT2D eigenvalue weighted by Gasteiger charge is 2.16. The predicted molar refractivity (Wildman–Crippen MR) is 134 cm³/mol. The Kier molecular flexibility index (Phi) is 7.22. The number of ether oxygens (including phenoxy) is 2. The molecule has 35 heavy (non-hydrogen) atoms. The van der Waals surface area contributed by atoms with Crippen LogP contribution in [0.5, 0.6) is 11.5 Å². The van der Waals surface area contributed by atoms with E-state index in [9.17, 15) is 14.4 Å². The van der Waals surface area contributed by atoms with E-state index in [4.69, 9.17) is 14.6 Å². The predicted octanol–water partition coefficient (Wildman–Crippen LogP) is 5.59. The molecule has 0 aliphatic rings. The van der Waals surface area contributed by atoms with E-state index in [0.717, 1.165) is 16.6 Å². The van der Waals surface area contributed by atoms with E-state index in [-0.39, 0.29) is 35.9 Å². The van der Waals surface area contributed by atoms with E-state index in [1.807, 2.05) is 12.1 Å². The monoisotopic (exact) mass is 489 g/mol. The molecule has 0 radical (unpaired) electrons. The summed E-state index contributed by atoms with van der Waals surface area (Å²) in [7, 11) is 1.40. The summed E-state index contributed by atoms with van der Waals surface area (Å²) in [4.78, 5) is 40.8. The van der Waals surface area contributed by atoms with Crippen LogP contribution < -0.4 is 9.47 Å². The number of methoxy groups -OCH3 is 1. The van der Waals surface area contributed by atoms with Gasteiger partial charge in [0.2, 0.25) is 0 Å². The van der Waals surface area contributed by atoms with Gasteiger partial charge in [0.15, 0.2) is 29.7 Å².